The molecule has 2 aromatic rings. The second kappa shape index (κ2) is 9.19. The molecule has 8 nitrogen and oxygen atoms in total. The lowest BCUT2D eigenvalue weighted by Gasteiger charge is -2.39. The quantitative estimate of drug-likeness (QED) is 0.746. The summed E-state index contributed by atoms with van der Waals surface area (Å²) in [6.07, 6.45) is 5.30. The van der Waals surface area contributed by atoms with Crippen molar-refractivity contribution in [1.82, 2.24) is 15.3 Å². The van der Waals surface area contributed by atoms with Gasteiger partial charge in [0.15, 0.2) is 5.79 Å². The van der Waals surface area contributed by atoms with E-state index in [9.17, 15) is 4.79 Å². The van der Waals surface area contributed by atoms with Crippen molar-refractivity contribution in [2.75, 3.05) is 20.3 Å². The zero-order chi connectivity index (χ0) is 22.8. The van der Waals surface area contributed by atoms with Crippen LogP contribution in [-0.4, -0.2) is 53.8 Å². The third kappa shape index (κ3) is 5.30. The fourth-order valence-electron chi connectivity index (χ4n) is 4.64. The van der Waals surface area contributed by atoms with Crippen molar-refractivity contribution in [2.45, 2.75) is 70.3 Å². The number of rotatable bonds is 5. The summed E-state index contributed by atoms with van der Waals surface area (Å²) in [4.78, 5) is 21.8. The minimum atomic E-state index is -0.560. The topological polar surface area (TPSA) is 91.8 Å². The number of ether oxygens (including phenoxy) is 4. The Hall–Kier alpha value is -2.45. The molecule has 1 spiro atoms. The van der Waals surface area contributed by atoms with Crippen LogP contribution in [0.2, 0.25) is 0 Å². The normalized spacial score (nSPS) is 19.8. The van der Waals surface area contributed by atoms with Crippen LogP contribution in [0.3, 0.4) is 0 Å². The van der Waals surface area contributed by atoms with Gasteiger partial charge in [0.05, 0.1) is 37.6 Å². The van der Waals surface area contributed by atoms with E-state index in [4.69, 9.17) is 18.9 Å². The molecule has 2 fully saturated rings. The first-order chi connectivity index (χ1) is 15.3. The largest absolute Gasteiger partial charge is 0.480 e. The lowest BCUT2D eigenvalue weighted by atomic mass is 9.79. The van der Waals surface area contributed by atoms with E-state index in [0.29, 0.717) is 25.5 Å². The third-order valence-electron chi connectivity index (χ3n) is 6.16. The predicted octanol–water partition coefficient (Wildman–Crippen LogP) is 4.01. The number of aromatic nitrogens is 2. The van der Waals surface area contributed by atoms with Gasteiger partial charge >= 0.3 is 6.09 Å². The van der Waals surface area contributed by atoms with Gasteiger partial charge in [-0.05, 0) is 57.6 Å². The van der Waals surface area contributed by atoms with E-state index < -0.39 is 17.5 Å². The molecule has 0 radical (unpaired) electrons. The molecule has 1 aromatic carbocycles. The van der Waals surface area contributed by atoms with E-state index in [0.717, 1.165) is 42.3 Å². The first-order valence-corrected chi connectivity index (χ1v) is 11.3. The van der Waals surface area contributed by atoms with Gasteiger partial charge in [0.2, 0.25) is 5.88 Å². The van der Waals surface area contributed by atoms with Gasteiger partial charge < -0.3 is 24.3 Å². The van der Waals surface area contributed by atoms with Crippen LogP contribution in [0, 0.1) is 5.92 Å². The number of methoxy groups -OCH3 is 1. The van der Waals surface area contributed by atoms with Crippen LogP contribution in [0.1, 0.15) is 52.0 Å². The number of alkyl carbamates (subject to hydrolysis) is 1. The highest BCUT2D eigenvalue weighted by molar-refractivity contribution is 5.78. The molecule has 1 saturated heterocycles. The summed E-state index contributed by atoms with van der Waals surface area (Å²) < 4.78 is 22.6. The molecule has 4 rings (SSSR count). The van der Waals surface area contributed by atoms with Crippen LogP contribution in [0.5, 0.6) is 5.88 Å². The SMILES string of the molecule is COc1cnc2cccc(C[C@@H](NC(=O)OC(C)(C)C)C3CCC4(CC3)OCCO4)c2n1. The Labute approximate surface area is 189 Å². The average molecular weight is 444 g/mol. The number of hydrogen-bond acceptors (Lipinski definition) is 7. The number of nitrogens with zero attached hydrogens (tertiary/aromatic N) is 2. The Morgan fingerprint density at radius 3 is 2.62 bits per heavy atom. The first-order valence-electron chi connectivity index (χ1n) is 11.3. The maximum Gasteiger partial charge on any atom is 0.407 e. The highest BCUT2D eigenvalue weighted by Gasteiger charge is 2.42. The van der Waals surface area contributed by atoms with Crippen LogP contribution < -0.4 is 10.1 Å². The zero-order valence-corrected chi connectivity index (χ0v) is 19.3. The van der Waals surface area contributed by atoms with Crippen molar-refractivity contribution in [2.24, 2.45) is 5.92 Å². The summed E-state index contributed by atoms with van der Waals surface area (Å²) >= 11 is 0. The molecule has 1 atom stereocenters. The maximum absolute atomic E-state index is 12.7. The average Bonchev–Trinajstić information content (AvgIpc) is 3.20. The molecule has 0 bridgehead atoms. The maximum atomic E-state index is 12.7. The lowest BCUT2D eigenvalue weighted by Crippen LogP contribution is -2.47. The minimum Gasteiger partial charge on any atom is -0.480 e. The summed E-state index contributed by atoms with van der Waals surface area (Å²) in [6, 6.07) is 5.83. The van der Waals surface area contributed by atoms with E-state index in [1.54, 1.807) is 13.3 Å². The van der Waals surface area contributed by atoms with Gasteiger partial charge in [-0.15, -0.1) is 0 Å². The van der Waals surface area contributed by atoms with Crippen molar-refractivity contribution >= 4 is 17.1 Å². The van der Waals surface area contributed by atoms with Crippen molar-refractivity contribution in [3.8, 4) is 5.88 Å². The molecular formula is C24H33N3O5. The molecule has 2 aliphatic rings. The summed E-state index contributed by atoms with van der Waals surface area (Å²) in [5.74, 6) is 0.303. The smallest absolute Gasteiger partial charge is 0.407 e. The lowest BCUT2D eigenvalue weighted by molar-refractivity contribution is -0.183. The van der Waals surface area contributed by atoms with Crippen LogP contribution in [-0.2, 0) is 20.6 Å². The van der Waals surface area contributed by atoms with Gasteiger partial charge in [-0.2, -0.15) is 0 Å². The number of amides is 1. The highest BCUT2D eigenvalue weighted by atomic mass is 16.7. The fourth-order valence-corrected chi connectivity index (χ4v) is 4.64. The second-order valence-corrected chi connectivity index (χ2v) is 9.60. The molecular weight excluding hydrogens is 410 g/mol. The molecule has 0 unspecified atom stereocenters. The van der Waals surface area contributed by atoms with E-state index in [1.807, 2.05) is 39.0 Å². The van der Waals surface area contributed by atoms with Crippen LogP contribution in [0.15, 0.2) is 24.4 Å². The number of fused-ring (bicyclic) bond motifs is 1. The number of carbonyl (C=O) groups is 1. The molecule has 174 valence electrons. The Balaban J connectivity index is 1.56. The molecule has 1 aromatic heterocycles. The number of para-hydroxylation sites is 1. The molecule has 1 N–H and O–H groups in total. The third-order valence-corrected chi connectivity index (χ3v) is 6.16. The molecule has 2 heterocycles. The van der Waals surface area contributed by atoms with Crippen molar-refractivity contribution in [3.63, 3.8) is 0 Å². The number of hydrogen-bond donors (Lipinski definition) is 1. The Morgan fingerprint density at radius 2 is 1.97 bits per heavy atom. The molecule has 32 heavy (non-hydrogen) atoms. The Bertz CT molecular complexity index is 942. The van der Waals surface area contributed by atoms with Crippen molar-refractivity contribution in [1.29, 1.82) is 0 Å². The van der Waals surface area contributed by atoms with Gasteiger partial charge in [-0.25, -0.2) is 14.8 Å². The van der Waals surface area contributed by atoms with Gasteiger partial charge in [-0.3, -0.25) is 0 Å². The van der Waals surface area contributed by atoms with Gasteiger partial charge in [0.1, 0.15) is 5.60 Å². The molecule has 1 amide bonds. The van der Waals surface area contributed by atoms with Gasteiger partial charge in [-0.1, -0.05) is 12.1 Å². The monoisotopic (exact) mass is 443 g/mol. The highest BCUT2D eigenvalue weighted by Crippen LogP contribution is 2.40. The molecule has 1 saturated carbocycles. The molecule has 8 heteroatoms. The van der Waals surface area contributed by atoms with Crippen LogP contribution in [0.4, 0.5) is 4.79 Å². The van der Waals surface area contributed by atoms with Crippen LogP contribution >= 0.6 is 0 Å². The van der Waals surface area contributed by atoms with E-state index in [2.05, 4.69) is 15.3 Å². The second-order valence-electron chi connectivity index (χ2n) is 9.60. The van der Waals surface area contributed by atoms with Gasteiger partial charge in [0.25, 0.3) is 0 Å². The minimum absolute atomic E-state index is 0.109. The molecule has 1 aliphatic carbocycles. The number of nitrogens with one attached hydrogen (secondary N) is 1. The van der Waals surface area contributed by atoms with E-state index in [1.165, 1.54) is 0 Å². The van der Waals surface area contributed by atoms with Crippen molar-refractivity contribution < 1.29 is 23.7 Å². The van der Waals surface area contributed by atoms with Gasteiger partial charge in [0, 0.05) is 18.9 Å². The fraction of sp³-hybridized carbons (Fsp3) is 0.625. The zero-order valence-electron chi connectivity index (χ0n) is 19.3. The van der Waals surface area contributed by atoms with Crippen LogP contribution in [0.25, 0.3) is 11.0 Å². The summed E-state index contributed by atoms with van der Waals surface area (Å²) in [7, 11) is 1.58. The first kappa shape index (κ1) is 22.7. The summed E-state index contributed by atoms with van der Waals surface area (Å²) in [5, 5.41) is 3.14. The summed E-state index contributed by atoms with van der Waals surface area (Å²) in [5.41, 5.74) is 2.05. The van der Waals surface area contributed by atoms with E-state index in [-0.39, 0.29) is 12.0 Å². The number of carbonyl (C=O) groups excluding carboxylic acids is 1. The summed E-state index contributed by atoms with van der Waals surface area (Å²) in [6.45, 7) is 6.91. The van der Waals surface area contributed by atoms with Crippen molar-refractivity contribution in [3.05, 3.63) is 30.0 Å². The van der Waals surface area contributed by atoms with E-state index >= 15 is 0 Å². The molecule has 1 aliphatic heterocycles. The number of benzene rings is 1. The Kier molecular flexibility index (Phi) is 6.53. The standard InChI is InChI=1S/C24H33N3O5/c1-23(2,3)32-22(28)26-19(16-8-10-24(11-9-16)30-12-13-31-24)14-17-6-5-7-18-21(17)27-20(29-4)15-25-18/h5-7,15-16,19H,8-14H2,1-4H3,(H,26,28)/t19-/m1/s1. The Morgan fingerprint density at radius 1 is 1.25 bits per heavy atom. The predicted molar refractivity (Wildman–Crippen MR) is 120 cm³/mol.